The van der Waals surface area contributed by atoms with Crippen molar-refractivity contribution in [2.24, 2.45) is 23.7 Å². The quantitative estimate of drug-likeness (QED) is 0.651. The van der Waals surface area contributed by atoms with Crippen molar-refractivity contribution in [3.8, 4) is 0 Å². The molecule has 80 valence electrons. The van der Waals surface area contributed by atoms with Gasteiger partial charge in [-0.15, -0.1) is 0 Å². The first kappa shape index (κ1) is 10.1. The molecule has 2 aliphatic rings. The third kappa shape index (κ3) is 1.69. The molecule has 1 saturated heterocycles. The molecule has 1 aliphatic heterocycles. The second-order valence-corrected chi connectivity index (χ2v) is 5.40. The van der Waals surface area contributed by atoms with E-state index in [0.717, 1.165) is 23.7 Å². The van der Waals surface area contributed by atoms with E-state index >= 15 is 0 Å². The van der Waals surface area contributed by atoms with Gasteiger partial charge in [0.05, 0.1) is 0 Å². The normalized spacial score (nSPS) is 37.4. The third-order valence-corrected chi connectivity index (χ3v) is 4.30. The van der Waals surface area contributed by atoms with Gasteiger partial charge in [-0.3, -0.25) is 0 Å². The zero-order chi connectivity index (χ0) is 10.1. The van der Waals surface area contributed by atoms with Crippen LogP contribution < -0.4 is 0 Å². The van der Waals surface area contributed by atoms with Crippen molar-refractivity contribution in [1.82, 2.24) is 4.90 Å². The molecule has 1 heteroatoms. The molecular weight excluding hydrogens is 170 g/mol. The molecule has 1 heterocycles. The smallest absolute Gasteiger partial charge is 0.0205 e. The van der Waals surface area contributed by atoms with Crippen LogP contribution in [0.15, 0.2) is 12.8 Å². The first-order chi connectivity index (χ1) is 6.72. The van der Waals surface area contributed by atoms with Crippen LogP contribution in [-0.2, 0) is 0 Å². The van der Waals surface area contributed by atoms with Gasteiger partial charge in [0.1, 0.15) is 0 Å². The summed E-state index contributed by atoms with van der Waals surface area (Å²) in [4.78, 5) is 2.44. The summed E-state index contributed by atoms with van der Waals surface area (Å²) in [7, 11) is 0. The van der Waals surface area contributed by atoms with E-state index in [1.165, 1.54) is 32.4 Å². The third-order valence-electron chi connectivity index (χ3n) is 4.30. The molecule has 0 aromatic carbocycles. The number of rotatable bonds is 2. The lowest BCUT2D eigenvalue weighted by atomic mass is 9.74. The highest BCUT2D eigenvalue weighted by atomic mass is 15.1. The van der Waals surface area contributed by atoms with Crippen LogP contribution in [0.1, 0.15) is 33.1 Å². The minimum atomic E-state index is 0.836. The molecule has 1 saturated carbocycles. The van der Waals surface area contributed by atoms with E-state index in [9.17, 15) is 0 Å². The Morgan fingerprint density at radius 1 is 1.29 bits per heavy atom. The first-order valence-electron chi connectivity index (χ1n) is 6.09. The van der Waals surface area contributed by atoms with Gasteiger partial charge >= 0.3 is 0 Å². The molecule has 0 spiro atoms. The summed E-state index contributed by atoms with van der Waals surface area (Å²) in [6, 6.07) is 0. The largest absolute Gasteiger partial charge is 0.377 e. The summed E-state index contributed by atoms with van der Waals surface area (Å²) in [6.07, 6.45) is 6.45. The average molecular weight is 193 g/mol. The van der Waals surface area contributed by atoms with E-state index in [2.05, 4.69) is 25.3 Å². The maximum Gasteiger partial charge on any atom is 0.0205 e. The molecule has 0 aromatic heterocycles. The second kappa shape index (κ2) is 3.96. The molecule has 0 radical (unpaired) electrons. The van der Waals surface area contributed by atoms with Crippen molar-refractivity contribution in [3.05, 3.63) is 12.8 Å². The Bertz CT molecular complexity index is 209. The Morgan fingerprint density at radius 3 is 2.71 bits per heavy atom. The van der Waals surface area contributed by atoms with E-state index < -0.39 is 0 Å². The highest BCUT2D eigenvalue weighted by molar-refractivity contribution is 4.93. The van der Waals surface area contributed by atoms with Gasteiger partial charge < -0.3 is 4.90 Å². The predicted molar refractivity (Wildman–Crippen MR) is 60.9 cm³/mol. The lowest BCUT2D eigenvalue weighted by Crippen LogP contribution is -2.43. The van der Waals surface area contributed by atoms with Crippen LogP contribution in [-0.4, -0.2) is 18.0 Å². The predicted octanol–water partition coefficient (Wildman–Crippen LogP) is 3.13. The highest BCUT2D eigenvalue weighted by Crippen LogP contribution is 2.43. The molecule has 0 aromatic rings. The first-order valence-corrected chi connectivity index (χ1v) is 6.09. The molecule has 0 N–H and O–H groups in total. The summed E-state index contributed by atoms with van der Waals surface area (Å²) in [6.45, 7) is 11.2. The molecule has 2 fully saturated rings. The lowest BCUT2D eigenvalue weighted by Gasteiger charge is -2.42. The number of nitrogens with zero attached hydrogens (tertiary/aromatic N) is 1. The summed E-state index contributed by atoms with van der Waals surface area (Å²) in [5.41, 5.74) is 0. The molecular formula is C13H23N. The van der Waals surface area contributed by atoms with Gasteiger partial charge in [-0.05, 0) is 42.7 Å². The van der Waals surface area contributed by atoms with E-state index in [1.807, 2.05) is 6.20 Å². The number of hydrogen-bond donors (Lipinski definition) is 0. The zero-order valence-corrected chi connectivity index (χ0v) is 9.58. The second-order valence-electron chi connectivity index (χ2n) is 5.40. The van der Waals surface area contributed by atoms with Crippen molar-refractivity contribution >= 4 is 0 Å². The Kier molecular flexibility index (Phi) is 2.85. The van der Waals surface area contributed by atoms with Gasteiger partial charge in [-0.25, -0.2) is 0 Å². The lowest BCUT2D eigenvalue weighted by molar-refractivity contribution is 0.0836. The van der Waals surface area contributed by atoms with E-state index in [1.54, 1.807) is 0 Å². The van der Waals surface area contributed by atoms with Crippen LogP contribution in [0.25, 0.3) is 0 Å². The van der Waals surface area contributed by atoms with Crippen molar-refractivity contribution in [3.63, 3.8) is 0 Å². The number of likely N-dealkylation sites (tertiary alicyclic amines) is 1. The molecule has 0 amide bonds. The Morgan fingerprint density at radius 2 is 2.07 bits per heavy atom. The molecule has 1 nitrogen and oxygen atoms in total. The molecule has 3 unspecified atom stereocenters. The van der Waals surface area contributed by atoms with Crippen molar-refractivity contribution < 1.29 is 0 Å². The Hall–Kier alpha value is -0.460. The van der Waals surface area contributed by atoms with Gasteiger partial charge in [0.25, 0.3) is 0 Å². The number of hydrogen-bond acceptors (Lipinski definition) is 1. The highest BCUT2D eigenvalue weighted by Gasteiger charge is 2.39. The standard InChI is InChI=1S/C13H23N/c1-4-14-8-11-6-5-7-12(11)13(9-14)10(2)3/h4,10-13H,1,5-9H2,2-3H3. The maximum absolute atomic E-state index is 3.92. The van der Waals surface area contributed by atoms with E-state index in [-0.39, 0.29) is 0 Å². The van der Waals surface area contributed by atoms with Gasteiger partial charge in [0.2, 0.25) is 0 Å². The van der Waals surface area contributed by atoms with E-state index in [4.69, 9.17) is 0 Å². The fourth-order valence-corrected chi connectivity index (χ4v) is 3.49. The summed E-state index contributed by atoms with van der Waals surface area (Å²) >= 11 is 0. The van der Waals surface area contributed by atoms with Crippen molar-refractivity contribution in [2.75, 3.05) is 13.1 Å². The molecule has 0 bridgehead atoms. The SMILES string of the molecule is C=CN1CC2CCCC2C(C(C)C)C1. The van der Waals surface area contributed by atoms with Gasteiger partial charge in [-0.1, -0.05) is 26.8 Å². The van der Waals surface area contributed by atoms with Crippen molar-refractivity contribution in [1.29, 1.82) is 0 Å². The van der Waals surface area contributed by atoms with Crippen molar-refractivity contribution in [2.45, 2.75) is 33.1 Å². The van der Waals surface area contributed by atoms with Crippen LogP contribution >= 0.6 is 0 Å². The van der Waals surface area contributed by atoms with Gasteiger partial charge in [0.15, 0.2) is 0 Å². The molecule has 14 heavy (non-hydrogen) atoms. The maximum atomic E-state index is 3.92. The zero-order valence-electron chi connectivity index (χ0n) is 9.58. The van der Waals surface area contributed by atoms with Crippen LogP contribution in [0.2, 0.25) is 0 Å². The average Bonchev–Trinajstić information content (AvgIpc) is 2.63. The summed E-state index contributed by atoms with van der Waals surface area (Å²) in [5, 5.41) is 0. The van der Waals surface area contributed by atoms with Crippen LogP contribution in [0, 0.1) is 23.7 Å². The topological polar surface area (TPSA) is 3.24 Å². The van der Waals surface area contributed by atoms with Crippen LogP contribution in [0.4, 0.5) is 0 Å². The minimum absolute atomic E-state index is 0.836. The fraction of sp³-hybridized carbons (Fsp3) is 0.846. The summed E-state index contributed by atoms with van der Waals surface area (Å²) < 4.78 is 0. The number of piperidine rings is 1. The Balaban J connectivity index is 2.09. The monoisotopic (exact) mass is 193 g/mol. The van der Waals surface area contributed by atoms with Crippen LogP contribution in [0.3, 0.4) is 0 Å². The minimum Gasteiger partial charge on any atom is -0.377 e. The van der Waals surface area contributed by atoms with E-state index in [0.29, 0.717) is 0 Å². The Labute approximate surface area is 88.2 Å². The van der Waals surface area contributed by atoms with Gasteiger partial charge in [-0.2, -0.15) is 0 Å². The molecule has 2 rings (SSSR count). The van der Waals surface area contributed by atoms with Crippen LogP contribution in [0.5, 0.6) is 0 Å². The van der Waals surface area contributed by atoms with Gasteiger partial charge in [0, 0.05) is 13.1 Å². The fourth-order valence-electron chi connectivity index (χ4n) is 3.49. The summed E-state index contributed by atoms with van der Waals surface area (Å²) in [5.74, 6) is 3.73. The number of fused-ring (bicyclic) bond motifs is 1. The molecule has 1 aliphatic carbocycles. The molecule has 3 atom stereocenters.